The highest BCUT2D eigenvalue weighted by Gasteiger charge is 2.32. The van der Waals surface area contributed by atoms with Gasteiger partial charge in [0.1, 0.15) is 23.9 Å². The minimum Gasteiger partial charge on any atom is -0.494 e. The van der Waals surface area contributed by atoms with E-state index in [1.807, 2.05) is 30.7 Å². The number of hydrogen-bond acceptors (Lipinski definition) is 8. The van der Waals surface area contributed by atoms with Gasteiger partial charge in [-0.05, 0) is 37.6 Å². The van der Waals surface area contributed by atoms with Gasteiger partial charge in [0, 0.05) is 18.7 Å². The maximum Gasteiger partial charge on any atom is 0.191 e. The molecule has 1 N–H and O–H groups in total. The summed E-state index contributed by atoms with van der Waals surface area (Å²) in [5.74, 6) is 2.74. The van der Waals surface area contributed by atoms with Gasteiger partial charge in [-0.25, -0.2) is 8.42 Å². The normalized spacial score (nSPS) is 19.5. The van der Waals surface area contributed by atoms with Crippen molar-refractivity contribution in [2.24, 2.45) is 7.05 Å². The van der Waals surface area contributed by atoms with E-state index in [4.69, 9.17) is 9.47 Å². The number of ether oxygens (including phenoxy) is 2. The second-order valence-electron chi connectivity index (χ2n) is 6.68. The van der Waals surface area contributed by atoms with Gasteiger partial charge in [-0.1, -0.05) is 11.8 Å². The molecule has 1 aromatic carbocycles. The lowest BCUT2D eigenvalue weighted by Crippen LogP contribution is -2.20. The topological polar surface area (TPSA) is 104 Å². The van der Waals surface area contributed by atoms with Crippen LogP contribution in [0.15, 0.2) is 29.4 Å². The Kier molecular flexibility index (Phi) is 6.84. The first-order valence-corrected chi connectivity index (χ1v) is 11.9. The number of nitrogens with zero attached hydrogens (tertiary/aromatic N) is 3. The Hall–Kier alpha value is -1.78. The Bertz CT molecular complexity index is 883. The maximum absolute atomic E-state index is 11.7. The molecule has 10 heteroatoms. The van der Waals surface area contributed by atoms with Crippen LogP contribution >= 0.6 is 11.8 Å². The minimum absolute atomic E-state index is 0.107. The van der Waals surface area contributed by atoms with Crippen molar-refractivity contribution in [2.75, 3.05) is 30.5 Å². The number of rotatable bonds is 9. The third-order valence-corrected chi connectivity index (χ3v) is 7.38. The van der Waals surface area contributed by atoms with Crippen LogP contribution in [-0.4, -0.2) is 64.9 Å². The first-order valence-electron chi connectivity index (χ1n) is 9.14. The van der Waals surface area contributed by atoms with Crippen LogP contribution in [0.4, 0.5) is 0 Å². The summed E-state index contributed by atoms with van der Waals surface area (Å²) in [6, 6.07) is 7.25. The van der Waals surface area contributed by atoms with E-state index >= 15 is 0 Å². The minimum atomic E-state index is -2.97. The van der Waals surface area contributed by atoms with E-state index in [1.165, 1.54) is 11.8 Å². The summed E-state index contributed by atoms with van der Waals surface area (Å²) in [5, 5.41) is 19.1. The molecule has 0 bridgehead atoms. The lowest BCUT2D eigenvalue weighted by atomic mass is 10.1. The Morgan fingerprint density at radius 3 is 2.54 bits per heavy atom. The third-order valence-electron chi connectivity index (χ3n) is 4.45. The van der Waals surface area contributed by atoms with E-state index in [-0.39, 0.29) is 24.0 Å². The van der Waals surface area contributed by atoms with Crippen LogP contribution in [0.1, 0.15) is 25.1 Å². The summed E-state index contributed by atoms with van der Waals surface area (Å²) < 4.78 is 36.1. The van der Waals surface area contributed by atoms with Crippen LogP contribution in [0.3, 0.4) is 0 Å². The second-order valence-corrected chi connectivity index (χ2v) is 9.90. The predicted molar refractivity (Wildman–Crippen MR) is 107 cm³/mol. The fourth-order valence-electron chi connectivity index (χ4n) is 3.02. The molecule has 154 valence electrons. The van der Waals surface area contributed by atoms with Gasteiger partial charge in [0.25, 0.3) is 0 Å². The van der Waals surface area contributed by atoms with Crippen molar-refractivity contribution in [2.45, 2.75) is 30.5 Å². The highest BCUT2D eigenvalue weighted by atomic mass is 32.2. The van der Waals surface area contributed by atoms with Gasteiger partial charge in [-0.15, -0.1) is 10.2 Å². The van der Waals surface area contributed by atoms with E-state index < -0.39 is 15.9 Å². The number of sulfone groups is 1. The van der Waals surface area contributed by atoms with Gasteiger partial charge in [0.05, 0.1) is 24.2 Å². The average Bonchev–Trinajstić information content (AvgIpc) is 3.21. The van der Waals surface area contributed by atoms with Crippen molar-refractivity contribution in [3.05, 3.63) is 30.1 Å². The largest absolute Gasteiger partial charge is 0.494 e. The second kappa shape index (κ2) is 9.15. The number of aromatic nitrogens is 3. The molecule has 2 heterocycles. The van der Waals surface area contributed by atoms with E-state index in [0.29, 0.717) is 35.5 Å². The molecule has 0 saturated carbocycles. The quantitative estimate of drug-likeness (QED) is 0.603. The fourth-order valence-corrected chi connectivity index (χ4v) is 5.58. The first kappa shape index (κ1) is 20.9. The van der Waals surface area contributed by atoms with Crippen LogP contribution in [-0.2, 0) is 16.9 Å². The highest BCUT2D eigenvalue weighted by Crippen LogP contribution is 2.29. The number of aliphatic hydroxyl groups is 1. The van der Waals surface area contributed by atoms with E-state index in [2.05, 4.69) is 10.2 Å². The van der Waals surface area contributed by atoms with Gasteiger partial charge in [-0.3, -0.25) is 0 Å². The Morgan fingerprint density at radius 2 is 1.93 bits per heavy atom. The molecular formula is C18H25N3O5S2. The van der Waals surface area contributed by atoms with Gasteiger partial charge in [-0.2, -0.15) is 0 Å². The van der Waals surface area contributed by atoms with Crippen LogP contribution in [0.5, 0.6) is 11.5 Å². The summed E-state index contributed by atoms with van der Waals surface area (Å²) in [7, 11) is -1.14. The lowest BCUT2D eigenvalue weighted by molar-refractivity contribution is 0.126. The van der Waals surface area contributed by atoms with Crippen molar-refractivity contribution in [3.8, 4) is 11.5 Å². The molecule has 0 amide bonds. The number of benzene rings is 1. The van der Waals surface area contributed by atoms with Gasteiger partial charge in [0.2, 0.25) is 0 Å². The smallest absolute Gasteiger partial charge is 0.191 e. The molecular weight excluding hydrogens is 402 g/mol. The van der Waals surface area contributed by atoms with Gasteiger partial charge in [0.15, 0.2) is 15.0 Å². The van der Waals surface area contributed by atoms with Crippen molar-refractivity contribution < 1.29 is 23.0 Å². The fraction of sp³-hybridized carbons (Fsp3) is 0.556. The Labute approximate surface area is 169 Å². The van der Waals surface area contributed by atoms with Crippen molar-refractivity contribution in [1.29, 1.82) is 0 Å². The van der Waals surface area contributed by atoms with Crippen molar-refractivity contribution in [1.82, 2.24) is 14.8 Å². The molecule has 2 aromatic rings. The predicted octanol–water partition coefficient (Wildman–Crippen LogP) is 1.65. The molecule has 1 fully saturated rings. The maximum atomic E-state index is 11.7. The number of thioether (sulfide) groups is 1. The summed E-state index contributed by atoms with van der Waals surface area (Å²) >= 11 is 1.37. The average molecular weight is 428 g/mol. The summed E-state index contributed by atoms with van der Waals surface area (Å²) in [4.78, 5) is 0. The van der Waals surface area contributed by atoms with Crippen LogP contribution in [0, 0.1) is 0 Å². The van der Waals surface area contributed by atoms with Crippen LogP contribution in [0.2, 0.25) is 0 Å². The molecule has 3 rings (SSSR count). The van der Waals surface area contributed by atoms with Gasteiger partial charge < -0.3 is 19.1 Å². The molecule has 2 atom stereocenters. The summed E-state index contributed by atoms with van der Waals surface area (Å²) in [5.41, 5.74) is 0. The Balaban J connectivity index is 1.47. The molecule has 1 aliphatic heterocycles. The third kappa shape index (κ3) is 5.39. The molecule has 28 heavy (non-hydrogen) atoms. The first-order chi connectivity index (χ1) is 13.4. The standard InChI is InChI=1S/C18H25N3O5S2/c1-3-25-15-4-6-16(7-5-15)26-10-14(22)11-27-18-20-19-17(21(18)2)13-8-9-28(23,24)12-13/h4-7,13-14,22H,3,8-12H2,1-2H3/t13-,14-/m0/s1. The molecule has 0 spiro atoms. The van der Waals surface area contributed by atoms with E-state index in [9.17, 15) is 13.5 Å². The zero-order valence-corrected chi connectivity index (χ0v) is 17.6. The monoisotopic (exact) mass is 427 g/mol. The molecule has 1 aromatic heterocycles. The SMILES string of the molecule is CCOc1ccc(OC[C@H](O)CSc2nnc([C@H]3CCS(=O)(=O)C3)n2C)cc1. The molecule has 8 nitrogen and oxygen atoms in total. The van der Waals surface area contributed by atoms with E-state index in [0.717, 1.165) is 5.75 Å². The summed E-state index contributed by atoms with van der Waals surface area (Å²) in [6.45, 7) is 2.69. The molecule has 0 aliphatic carbocycles. The zero-order valence-electron chi connectivity index (χ0n) is 15.9. The highest BCUT2D eigenvalue weighted by molar-refractivity contribution is 7.99. The number of hydrogen-bond donors (Lipinski definition) is 1. The molecule has 1 saturated heterocycles. The van der Waals surface area contributed by atoms with Gasteiger partial charge >= 0.3 is 0 Å². The van der Waals surface area contributed by atoms with Crippen molar-refractivity contribution in [3.63, 3.8) is 0 Å². The molecule has 0 radical (unpaired) electrons. The van der Waals surface area contributed by atoms with E-state index in [1.54, 1.807) is 12.1 Å². The zero-order chi connectivity index (χ0) is 20.1. The Morgan fingerprint density at radius 1 is 1.25 bits per heavy atom. The van der Waals surface area contributed by atoms with Crippen molar-refractivity contribution >= 4 is 21.6 Å². The van der Waals surface area contributed by atoms with Crippen LogP contribution < -0.4 is 9.47 Å². The summed E-state index contributed by atoms with van der Waals surface area (Å²) in [6.07, 6.45) is -0.0964. The van der Waals surface area contributed by atoms with Crippen LogP contribution in [0.25, 0.3) is 0 Å². The number of aliphatic hydroxyl groups excluding tert-OH is 1. The molecule has 0 unspecified atom stereocenters. The lowest BCUT2D eigenvalue weighted by Gasteiger charge is -2.13. The molecule has 1 aliphatic rings.